The van der Waals surface area contributed by atoms with Gasteiger partial charge in [0.15, 0.2) is 0 Å². The average molecular weight is 285 g/mol. The lowest BCUT2D eigenvalue weighted by Gasteiger charge is -2.06. The largest absolute Gasteiger partial charge is 0.323 e. The Balaban J connectivity index is 1.75. The van der Waals surface area contributed by atoms with Crippen molar-refractivity contribution in [3.8, 4) is 5.69 Å². The molecule has 2 aromatic carbocycles. The first-order valence-corrected chi connectivity index (χ1v) is 7.25. The van der Waals surface area contributed by atoms with Crippen LogP contribution < -0.4 is 0 Å². The van der Waals surface area contributed by atoms with E-state index < -0.39 is 0 Å². The van der Waals surface area contributed by atoms with E-state index >= 15 is 0 Å². The summed E-state index contributed by atoms with van der Waals surface area (Å²) in [7, 11) is 0. The number of nitrogens with one attached hydrogen (secondary N) is 1. The monoisotopic (exact) mass is 285 g/mol. The van der Waals surface area contributed by atoms with Gasteiger partial charge in [-0.25, -0.2) is 0 Å². The molecule has 4 rings (SSSR count). The lowest BCUT2D eigenvalue weighted by molar-refractivity contribution is 1.08. The first-order valence-electron chi connectivity index (χ1n) is 7.25. The predicted molar refractivity (Wildman–Crippen MR) is 90.8 cm³/mol. The first-order chi connectivity index (χ1) is 10.9. The normalized spacial score (nSPS) is 11.5. The van der Waals surface area contributed by atoms with Crippen molar-refractivity contribution in [2.45, 2.75) is 0 Å². The molecule has 0 saturated heterocycles. The van der Waals surface area contributed by atoms with Crippen molar-refractivity contribution in [3.63, 3.8) is 0 Å². The second-order valence-electron chi connectivity index (χ2n) is 5.14. The molecule has 0 saturated carbocycles. The highest BCUT2D eigenvalue weighted by Gasteiger charge is 2.03. The van der Waals surface area contributed by atoms with Gasteiger partial charge in [0, 0.05) is 17.8 Å². The molecule has 22 heavy (non-hydrogen) atoms. The molecule has 0 bridgehead atoms. The minimum Gasteiger partial charge on any atom is -0.323 e. The molecule has 106 valence electrons. The minimum atomic E-state index is 0.956. The molecule has 2 heterocycles. The first kappa shape index (κ1) is 12.7. The Bertz CT molecular complexity index is 930. The Morgan fingerprint density at radius 3 is 2.50 bits per heavy atom. The Kier molecular flexibility index (Phi) is 3.09. The van der Waals surface area contributed by atoms with Gasteiger partial charge in [0.05, 0.1) is 16.9 Å². The van der Waals surface area contributed by atoms with Crippen LogP contribution in [0.2, 0.25) is 0 Å². The molecule has 0 aliphatic carbocycles. The quantitative estimate of drug-likeness (QED) is 0.589. The SMILES string of the molecule is C(=Cc1n[nH]c2ccccc12)c1ccccc1-n1cccc1. The summed E-state index contributed by atoms with van der Waals surface area (Å²) < 4.78 is 2.11. The Labute approximate surface area is 128 Å². The lowest BCUT2D eigenvalue weighted by Crippen LogP contribution is -1.92. The number of para-hydroxylation sites is 2. The van der Waals surface area contributed by atoms with Crippen LogP contribution in [-0.4, -0.2) is 14.8 Å². The second kappa shape index (κ2) is 5.37. The van der Waals surface area contributed by atoms with Crippen molar-refractivity contribution < 1.29 is 0 Å². The molecule has 0 radical (unpaired) electrons. The summed E-state index contributed by atoms with van der Waals surface area (Å²) in [6.45, 7) is 0. The summed E-state index contributed by atoms with van der Waals surface area (Å²) >= 11 is 0. The van der Waals surface area contributed by atoms with E-state index in [4.69, 9.17) is 0 Å². The fraction of sp³-hybridized carbons (Fsp3) is 0. The van der Waals surface area contributed by atoms with Crippen LogP contribution in [-0.2, 0) is 0 Å². The molecule has 0 unspecified atom stereocenters. The highest BCUT2D eigenvalue weighted by atomic mass is 15.1. The van der Waals surface area contributed by atoms with Crippen LogP contribution in [0.4, 0.5) is 0 Å². The van der Waals surface area contributed by atoms with Gasteiger partial charge in [-0.15, -0.1) is 0 Å². The number of H-pyrrole nitrogens is 1. The summed E-state index contributed by atoms with van der Waals surface area (Å²) in [6, 6.07) is 20.5. The predicted octanol–water partition coefficient (Wildman–Crippen LogP) is 4.52. The third-order valence-electron chi connectivity index (χ3n) is 3.74. The van der Waals surface area contributed by atoms with Crippen LogP contribution >= 0.6 is 0 Å². The Hall–Kier alpha value is -3.07. The van der Waals surface area contributed by atoms with Crippen molar-refractivity contribution in [1.29, 1.82) is 0 Å². The Morgan fingerprint density at radius 2 is 1.59 bits per heavy atom. The molecule has 0 amide bonds. The standard InChI is InChI=1S/C19H15N3/c1-4-10-19(22-13-5-6-14-22)15(7-1)11-12-18-16-8-2-3-9-17(16)20-21-18/h1-14H,(H,20,21). The van der Waals surface area contributed by atoms with Gasteiger partial charge in [0.1, 0.15) is 0 Å². The highest BCUT2D eigenvalue weighted by molar-refractivity contribution is 5.89. The topological polar surface area (TPSA) is 33.6 Å². The van der Waals surface area contributed by atoms with Crippen LogP contribution in [0.1, 0.15) is 11.3 Å². The van der Waals surface area contributed by atoms with Gasteiger partial charge in [-0.3, -0.25) is 5.10 Å². The molecular formula is C19H15N3. The third kappa shape index (κ3) is 2.23. The second-order valence-corrected chi connectivity index (χ2v) is 5.14. The smallest absolute Gasteiger partial charge is 0.0927 e. The van der Waals surface area contributed by atoms with Crippen LogP contribution in [0.3, 0.4) is 0 Å². The van der Waals surface area contributed by atoms with Crippen LogP contribution in [0.25, 0.3) is 28.7 Å². The number of fused-ring (bicyclic) bond motifs is 1. The average Bonchev–Trinajstić information content (AvgIpc) is 3.23. The molecule has 0 atom stereocenters. The summed E-state index contributed by atoms with van der Waals surface area (Å²) in [6.07, 6.45) is 8.27. The van der Waals surface area contributed by atoms with E-state index in [-0.39, 0.29) is 0 Å². The minimum absolute atomic E-state index is 0.956. The van der Waals surface area contributed by atoms with E-state index in [1.54, 1.807) is 0 Å². The molecule has 3 nitrogen and oxygen atoms in total. The number of hydrogen-bond acceptors (Lipinski definition) is 1. The van der Waals surface area contributed by atoms with Crippen molar-refractivity contribution in [3.05, 3.63) is 84.3 Å². The molecule has 4 aromatic rings. The van der Waals surface area contributed by atoms with Crippen LogP contribution in [0.5, 0.6) is 0 Å². The summed E-state index contributed by atoms with van der Waals surface area (Å²) in [5, 5.41) is 8.58. The van der Waals surface area contributed by atoms with Gasteiger partial charge in [0.25, 0.3) is 0 Å². The lowest BCUT2D eigenvalue weighted by atomic mass is 10.1. The molecule has 3 heteroatoms. The van der Waals surface area contributed by atoms with Crippen LogP contribution in [0, 0.1) is 0 Å². The number of aromatic amines is 1. The number of rotatable bonds is 3. The zero-order chi connectivity index (χ0) is 14.8. The van der Waals surface area contributed by atoms with Crippen LogP contribution in [0.15, 0.2) is 73.1 Å². The maximum absolute atomic E-state index is 4.38. The van der Waals surface area contributed by atoms with Crippen molar-refractivity contribution in [2.24, 2.45) is 0 Å². The number of aromatic nitrogens is 3. The van der Waals surface area contributed by atoms with E-state index in [0.717, 1.165) is 27.8 Å². The van der Waals surface area contributed by atoms with Gasteiger partial charge in [-0.2, -0.15) is 5.10 Å². The van der Waals surface area contributed by atoms with E-state index in [1.807, 2.05) is 30.3 Å². The van der Waals surface area contributed by atoms with Gasteiger partial charge in [0.2, 0.25) is 0 Å². The van der Waals surface area contributed by atoms with E-state index in [1.165, 1.54) is 0 Å². The molecular weight excluding hydrogens is 270 g/mol. The maximum atomic E-state index is 4.38. The van der Waals surface area contributed by atoms with Crippen molar-refractivity contribution in [1.82, 2.24) is 14.8 Å². The Morgan fingerprint density at radius 1 is 0.818 bits per heavy atom. The van der Waals surface area contributed by atoms with E-state index in [9.17, 15) is 0 Å². The van der Waals surface area contributed by atoms with E-state index in [2.05, 4.69) is 69.6 Å². The highest BCUT2D eigenvalue weighted by Crippen LogP contribution is 2.20. The zero-order valence-electron chi connectivity index (χ0n) is 12.0. The van der Waals surface area contributed by atoms with Crippen molar-refractivity contribution in [2.75, 3.05) is 0 Å². The molecule has 0 fully saturated rings. The summed E-state index contributed by atoms with van der Waals surface area (Å²) in [5.41, 5.74) is 4.33. The summed E-state index contributed by atoms with van der Waals surface area (Å²) in [4.78, 5) is 0. The molecule has 0 aliphatic rings. The molecule has 0 spiro atoms. The van der Waals surface area contributed by atoms with Gasteiger partial charge < -0.3 is 4.57 Å². The molecule has 2 aromatic heterocycles. The zero-order valence-corrected chi connectivity index (χ0v) is 12.0. The molecule has 1 N–H and O–H groups in total. The molecule has 0 aliphatic heterocycles. The number of nitrogens with zero attached hydrogens (tertiary/aromatic N) is 2. The maximum Gasteiger partial charge on any atom is 0.0927 e. The fourth-order valence-corrected chi connectivity index (χ4v) is 2.64. The summed E-state index contributed by atoms with van der Waals surface area (Å²) in [5.74, 6) is 0. The van der Waals surface area contributed by atoms with Gasteiger partial charge >= 0.3 is 0 Å². The van der Waals surface area contributed by atoms with Gasteiger partial charge in [-0.05, 0) is 35.9 Å². The van der Waals surface area contributed by atoms with Crippen molar-refractivity contribution >= 4 is 23.1 Å². The number of hydrogen-bond donors (Lipinski definition) is 1. The number of benzene rings is 2. The van der Waals surface area contributed by atoms with Gasteiger partial charge in [-0.1, -0.05) is 42.5 Å². The third-order valence-corrected chi connectivity index (χ3v) is 3.74. The van der Waals surface area contributed by atoms with E-state index in [0.29, 0.717) is 0 Å². The fourth-order valence-electron chi connectivity index (χ4n) is 2.64.